The van der Waals surface area contributed by atoms with Gasteiger partial charge in [0.25, 0.3) is 5.69 Å². The van der Waals surface area contributed by atoms with E-state index in [0.29, 0.717) is 17.1 Å². The van der Waals surface area contributed by atoms with Gasteiger partial charge in [-0.05, 0) is 29.2 Å². The molecule has 7 heteroatoms. The molecule has 2 aromatic carbocycles. The van der Waals surface area contributed by atoms with Crippen LogP contribution in [0.4, 0.5) is 17.1 Å². The van der Waals surface area contributed by atoms with E-state index in [4.69, 9.17) is 4.74 Å². The molecule has 0 aliphatic carbocycles. The number of hydrogen-bond acceptors (Lipinski definition) is 5. The van der Waals surface area contributed by atoms with Crippen LogP contribution in [0.3, 0.4) is 0 Å². The Morgan fingerprint density at radius 1 is 1.15 bits per heavy atom. The summed E-state index contributed by atoms with van der Waals surface area (Å²) in [7, 11) is 1.55. The Labute approximate surface area is 158 Å². The van der Waals surface area contributed by atoms with E-state index in [1.54, 1.807) is 25.3 Å². The lowest BCUT2D eigenvalue weighted by atomic mass is 9.87. The van der Waals surface area contributed by atoms with Crippen molar-refractivity contribution in [2.75, 3.05) is 24.3 Å². The Morgan fingerprint density at radius 3 is 2.48 bits per heavy atom. The Morgan fingerprint density at radius 2 is 1.85 bits per heavy atom. The van der Waals surface area contributed by atoms with Crippen molar-refractivity contribution < 1.29 is 14.5 Å². The normalized spacial score (nSPS) is 11.0. The van der Waals surface area contributed by atoms with Gasteiger partial charge in [-0.1, -0.05) is 39.0 Å². The van der Waals surface area contributed by atoms with E-state index in [1.807, 2.05) is 18.2 Å². The van der Waals surface area contributed by atoms with Gasteiger partial charge in [-0.15, -0.1) is 0 Å². The molecule has 2 N–H and O–H groups in total. The maximum atomic E-state index is 12.3. The average Bonchev–Trinajstić information content (AvgIpc) is 2.61. The lowest BCUT2D eigenvalue weighted by Gasteiger charge is -2.21. The Kier molecular flexibility index (Phi) is 6.39. The van der Waals surface area contributed by atoms with Gasteiger partial charge in [0, 0.05) is 19.0 Å². The van der Waals surface area contributed by atoms with Crippen molar-refractivity contribution in [2.24, 2.45) is 0 Å². The second kappa shape index (κ2) is 8.53. The van der Waals surface area contributed by atoms with Gasteiger partial charge in [0.05, 0.1) is 17.7 Å². The molecule has 0 fully saturated rings. The zero-order valence-corrected chi connectivity index (χ0v) is 16.0. The predicted molar refractivity (Wildman–Crippen MR) is 107 cm³/mol. The highest BCUT2D eigenvalue weighted by atomic mass is 16.6. The molecule has 144 valence electrons. The molecular formula is C20H25N3O4. The van der Waals surface area contributed by atoms with Gasteiger partial charge in [-0.25, -0.2) is 0 Å². The van der Waals surface area contributed by atoms with Crippen molar-refractivity contribution in [2.45, 2.75) is 32.6 Å². The summed E-state index contributed by atoms with van der Waals surface area (Å²) < 4.78 is 5.32. The summed E-state index contributed by atoms with van der Waals surface area (Å²) >= 11 is 0. The van der Waals surface area contributed by atoms with E-state index < -0.39 is 4.92 Å². The first-order valence-corrected chi connectivity index (χ1v) is 8.68. The Bertz CT molecular complexity index is 828. The fraction of sp³-hybridized carbons (Fsp3) is 0.350. The van der Waals surface area contributed by atoms with Crippen molar-refractivity contribution in [3.8, 4) is 5.75 Å². The summed E-state index contributed by atoms with van der Waals surface area (Å²) in [4.78, 5) is 22.9. The van der Waals surface area contributed by atoms with Crippen LogP contribution in [0.2, 0.25) is 0 Å². The monoisotopic (exact) mass is 371 g/mol. The standard InChI is InChI=1S/C20H25N3O4/c1-20(2,3)14-9-10-18(27-4)16(13-14)22-19(24)11-12-21-15-7-5-6-8-17(15)23(25)26/h5-10,13,21H,11-12H2,1-4H3,(H,22,24). The van der Waals surface area contributed by atoms with Gasteiger partial charge in [0.2, 0.25) is 5.91 Å². The minimum atomic E-state index is -0.453. The van der Waals surface area contributed by atoms with Gasteiger partial charge in [-0.3, -0.25) is 14.9 Å². The van der Waals surface area contributed by atoms with E-state index in [2.05, 4.69) is 31.4 Å². The molecule has 0 aliphatic rings. The molecule has 0 saturated heterocycles. The van der Waals surface area contributed by atoms with Gasteiger partial charge in [0.15, 0.2) is 0 Å². The summed E-state index contributed by atoms with van der Waals surface area (Å²) in [5.41, 5.74) is 2.01. The third-order valence-corrected chi connectivity index (χ3v) is 4.11. The summed E-state index contributed by atoms with van der Waals surface area (Å²) in [5.74, 6) is 0.383. The predicted octanol–water partition coefficient (Wildman–Crippen LogP) is 4.34. The lowest BCUT2D eigenvalue weighted by Crippen LogP contribution is -2.18. The molecule has 0 radical (unpaired) electrons. The molecule has 0 aromatic heterocycles. The number of nitrogens with zero attached hydrogens (tertiary/aromatic N) is 1. The van der Waals surface area contributed by atoms with Gasteiger partial charge < -0.3 is 15.4 Å². The molecule has 0 spiro atoms. The summed E-state index contributed by atoms with van der Waals surface area (Å²) in [6, 6.07) is 12.1. The third-order valence-electron chi connectivity index (χ3n) is 4.11. The third kappa shape index (κ3) is 5.44. The summed E-state index contributed by atoms with van der Waals surface area (Å²) in [6.45, 7) is 6.56. The van der Waals surface area contributed by atoms with Gasteiger partial charge >= 0.3 is 0 Å². The van der Waals surface area contributed by atoms with Crippen LogP contribution in [0.25, 0.3) is 0 Å². The number of nitro groups is 1. The van der Waals surface area contributed by atoms with Crippen molar-refractivity contribution in [3.63, 3.8) is 0 Å². The largest absolute Gasteiger partial charge is 0.495 e. The molecule has 0 bridgehead atoms. The first-order chi connectivity index (χ1) is 12.7. The number of nitrogens with one attached hydrogen (secondary N) is 2. The molecule has 0 heterocycles. The highest BCUT2D eigenvalue weighted by molar-refractivity contribution is 5.92. The summed E-state index contributed by atoms with van der Waals surface area (Å²) in [5, 5.41) is 16.8. The molecule has 2 aromatic rings. The second-order valence-corrected chi connectivity index (χ2v) is 7.16. The number of rotatable bonds is 7. The number of anilines is 2. The van der Waals surface area contributed by atoms with Crippen LogP contribution in [0.5, 0.6) is 5.75 Å². The van der Waals surface area contributed by atoms with E-state index in [0.717, 1.165) is 5.56 Å². The van der Waals surface area contributed by atoms with Crippen molar-refractivity contribution >= 4 is 23.0 Å². The molecule has 0 unspecified atom stereocenters. The van der Waals surface area contributed by atoms with E-state index >= 15 is 0 Å². The SMILES string of the molecule is COc1ccc(C(C)(C)C)cc1NC(=O)CCNc1ccccc1[N+](=O)[O-]. The average molecular weight is 371 g/mol. The van der Waals surface area contributed by atoms with Crippen LogP contribution in [0.1, 0.15) is 32.8 Å². The van der Waals surface area contributed by atoms with Gasteiger partial charge in [0.1, 0.15) is 11.4 Å². The first kappa shape index (κ1) is 20.2. The summed E-state index contributed by atoms with van der Waals surface area (Å²) in [6.07, 6.45) is 0.162. The van der Waals surface area contributed by atoms with E-state index in [1.165, 1.54) is 6.07 Å². The number of benzene rings is 2. The quantitative estimate of drug-likeness (QED) is 0.558. The molecule has 1 amide bonds. The molecule has 7 nitrogen and oxygen atoms in total. The molecule has 27 heavy (non-hydrogen) atoms. The van der Waals surface area contributed by atoms with Crippen LogP contribution in [0, 0.1) is 10.1 Å². The van der Waals surface area contributed by atoms with Crippen LogP contribution >= 0.6 is 0 Å². The van der Waals surface area contributed by atoms with E-state index in [9.17, 15) is 14.9 Å². The Hall–Kier alpha value is -3.09. The lowest BCUT2D eigenvalue weighted by molar-refractivity contribution is -0.384. The van der Waals surface area contributed by atoms with Gasteiger partial charge in [-0.2, -0.15) is 0 Å². The number of carbonyl (C=O) groups excluding carboxylic acids is 1. The number of ether oxygens (including phenoxy) is 1. The maximum absolute atomic E-state index is 12.3. The minimum absolute atomic E-state index is 0.0162. The van der Waals surface area contributed by atoms with Crippen molar-refractivity contribution in [1.82, 2.24) is 0 Å². The molecular weight excluding hydrogens is 346 g/mol. The minimum Gasteiger partial charge on any atom is -0.495 e. The van der Waals surface area contributed by atoms with Crippen LogP contribution in [0.15, 0.2) is 42.5 Å². The number of amides is 1. The number of nitro benzene ring substituents is 1. The van der Waals surface area contributed by atoms with Crippen LogP contribution < -0.4 is 15.4 Å². The fourth-order valence-corrected chi connectivity index (χ4v) is 2.58. The molecule has 0 atom stereocenters. The molecule has 0 saturated carbocycles. The first-order valence-electron chi connectivity index (χ1n) is 8.68. The zero-order chi connectivity index (χ0) is 20.0. The smallest absolute Gasteiger partial charge is 0.292 e. The topological polar surface area (TPSA) is 93.5 Å². The highest BCUT2D eigenvalue weighted by Gasteiger charge is 2.17. The van der Waals surface area contributed by atoms with Crippen LogP contribution in [-0.4, -0.2) is 24.5 Å². The fourth-order valence-electron chi connectivity index (χ4n) is 2.58. The molecule has 2 rings (SSSR count). The van der Waals surface area contributed by atoms with E-state index in [-0.39, 0.29) is 30.0 Å². The number of hydrogen-bond donors (Lipinski definition) is 2. The second-order valence-electron chi connectivity index (χ2n) is 7.16. The van der Waals surface area contributed by atoms with Crippen LogP contribution in [-0.2, 0) is 10.2 Å². The van der Waals surface area contributed by atoms with Crippen molar-refractivity contribution in [3.05, 3.63) is 58.1 Å². The number of carbonyl (C=O) groups is 1. The highest BCUT2D eigenvalue weighted by Crippen LogP contribution is 2.31. The zero-order valence-electron chi connectivity index (χ0n) is 16.0. The number of para-hydroxylation sites is 2. The van der Waals surface area contributed by atoms with Crippen molar-refractivity contribution in [1.29, 1.82) is 0 Å². The number of methoxy groups -OCH3 is 1. The Balaban J connectivity index is 2.01. The molecule has 0 aliphatic heterocycles. The maximum Gasteiger partial charge on any atom is 0.292 e.